The molecule has 0 unspecified atom stereocenters. The molecule has 0 saturated carbocycles. The minimum atomic E-state index is -0.126. The zero-order valence-corrected chi connectivity index (χ0v) is 18.9. The molecule has 0 aliphatic rings. The Hall–Kier alpha value is -3.49. The number of nitrogens with one attached hydrogen (secondary N) is 1. The number of benzene rings is 2. The third-order valence-electron chi connectivity index (χ3n) is 4.80. The number of nitrogens with zero attached hydrogens (tertiary/aromatic N) is 4. The van der Waals surface area contributed by atoms with Gasteiger partial charge in [-0.15, -0.1) is 11.3 Å². The predicted molar refractivity (Wildman–Crippen MR) is 131 cm³/mol. The largest absolute Gasteiger partial charge is 0.332 e. The number of hydrogen-bond donors (Lipinski definition) is 1. The van der Waals surface area contributed by atoms with Crippen LogP contribution in [0.1, 0.15) is 11.3 Å². The van der Waals surface area contributed by atoms with Gasteiger partial charge in [0.05, 0.1) is 16.6 Å². The molecule has 0 amide bonds. The summed E-state index contributed by atoms with van der Waals surface area (Å²) in [6.07, 6.45) is 1.76. The molecule has 6 nitrogen and oxygen atoms in total. The molecule has 3 heterocycles. The summed E-state index contributed by atoms with van der Waals surface area (Å²) in [4.78, 5) is 27.2. The maximum Gasteiger partial charge on any atom is 0.267 e. The van der Waals surface area contributed by atoms with E-state index in [4.69, 9.17) is 4.98 Å². The van der Waals surface area contributed by atoms with E-state index >= 15 is 0 Å². The zero-order chi connectivity index (χ0) is 21.9. The van der Waals surface area contributed by atoms with Crippen LogP contribution in [-0.4, -0.2) is 19.5 Å². The second-order valence-electron chi connectivity index (χ2n) is 7.17. The van der Waals surface area contributed by atoms with Crippen molar-refractivity contribution < 1.29 is 0 Å². The fourth-order valence-corrected chi connectivity index (χ4v) is 4.95. The van der Waals surface area contributed by atoms with Gasteiger partial charge in [0.2, 0.25) is 0 Å². The van der Waals surface area contributed by atoms with Gasteiger partial charge in [0.15, 0.2) is 10.3 Å². The summed E-state index contributed by atoms with van der Waals surface area (Å²) in [5.74, 6) is 1.15. The van der Waals surface area contributed by atoms with Crippen LogP contribution in [0.25, 0.3) is 16.7 Å². The number of rotatable bonds is 6. The van der Waals surface area contributed by atoms with Crippen molar-refractivity contribution in [2.75, 3.05) is 5.32 Å². The van der Waals surface area contributed by atoms with Crippen molar-refractivity contribution in [1.29, 1.82) is 0 Å². The molecule has 0 saturated heterocycles. The lowest BCUT2D eigenvalue weighted by Gasteiger charge is -2.12. The standard InChI is InChI=1S/C24H19N5OS2/c1-16-11-12-21(25-13-16)29-22(30)19-9-5-6-10-20(19)28-24(29)32-15-18-14-31-23(27-18)26-17-7-3-2-4-8-17/h2-14H,15H2,1H3,(H,26,27). The number of para-hydroxylation sites is 2. The van der Waals surface area contributed by atoms with Crippen LogP contribution in [0.5, 0.6) is 0 Å². The first-order valence-electron chi connectivity index (χ1n) is 10.0. The zero-order valence-electron chi connectivity index (χ0n) is 17.2. The van der Waals surface area contributed by atoms with Crippen LogP contribution in [0.3, 0.4) is 0 Å². The van der Waals surface area contributed by atoms with Gasteiger partial charge in [0.1, 0.15) is 5.82 Å². The average Bonchev–Trinajstić information content (AvgIpc) is 3.26. The van der Waals surface area contributed by atoms with E-state index in [0.29, 0.717) is 27.6 Å². The SMILES string of the molecule is Cc1ccc(-n2c(SCc3csc(Nc4ccccc4)n3)nc3ccccc3c2=O)nc1. The summed E-state index contributed by atoms with van der Waals surface area (Å²) >= 11 is 3.03. The molecule has 0 aliphatic carbocycles. The Morgan fingerprint density at radius 3 is 2.62 bits per heavy atom. The molecule has 5 aromatic rings. The first-order chi connectivity index (χ1) is 15.7. The van der Waals surface area contributed by atoms with Gasteiger partial charge in [-0.2, -0.15) is 0 Å². The molecule has 3 aromatic heterocycles. The van der Waals surface area contributed by atoms with Gasteiger partial charge in [-0.25, -0.2) is 19.5 Å². The summed E-state index contributed by atoms with van der Waals surface area (Å²) in [5, 5.41) is 7.33. The third-order valence-corrected chi connectivity index (χ3v) is 6.57. The second kappa shape index (κ2) is 8.94. The Bertz CT molecular complexity index is 1430. The molecular formula is C24H19N5OS2. The molecule has 32 heavy (non-hydrogen) atoms. The number of thiazole rings is 1. The van der Waals surface area contributed by atoms with Crippen molar-refractivity contribution in [2.45, 2.75) is 17.8 Å². The van der Waals surface area contributed by atoms with Crippen LogP contribution in [0.4, 0.5) is 10.8 Å². The van der Waals surface area contributed by atoms with E-state index in [0.717, 1.165) is 22.1 Å². The van der Waals surface area contributed by atoms with Gasteiger partial charge < -0.3 is 5.32 Å². The fraction of sp³-hybridized carbons (Fsp3) is 0.0833. The monoisotopic (exact) mass is 457 g/mol. The molecule has 0 bridgehead atoms. The van der Waals surface area contributed by atoms with Crippen molar-refractivity contribution in [3.8, 4) is 5.82 Å². The highest BCUT2D eigenvalue weighted by Crippen LogP contribution is 2.27. The molecule has 158 valence electrons. The Kier molecular flexibility index (Phi) is 5.70. The number of fused-ring (bicyclic) bond motifs is 1. The summed E-state index contributed by atoms with van der Waals surface area (Å²) in [5.41, 5.74) is 3.50. The highest BCUT2D eigenvalue weighted by molar-refractivity contribution is 7.98. The lowest BCUT2D eigenvalue weighted by molar-refractivity contribution is 0.794. The number of pyridine rings is 1. The lowest BCUT2D eigenvalue weighted by atomic mass is 10.2. The average molecular weight is 458 g/mol. The smallest absolute Gasteiger partial charge is 0.267 e. The van der Waals surface area contributed by atoms with Crippen molar-refractivity contribution in [2.24, 2.45) is 0 Å². The maximum atomic E-state index is 13.3. The normalized spacial score (nSPS) is 11.0. The highest BCUT2D eigenvalue weighted by atomic mass is 32.2. The topological polar surface area (TPSA) is 72.7 Å². The molecule has 0 atom stereocenters. The third kappa shape index (κ3) is 4.28. The van der Waals surface area contributed by atoms with Crippen molar-refractivity contribution >= 4 is 44.8 Å². The Morgan fingerprint density at radius 2 is 1.81 bits per heavy atom. The quantitative estimate of drug-likeness (QED) is 0.265. The summed E-state index contributed by atoms with van der Waals surface area (Å²) in [6, 6.07) is 21.1. The summed E-state index contributed by atoms with van der Waals surface area (Å²) in [7, 11) is 0. The van der Waals surface area contributed by atoms with E-state index in [1.54, 1.807) is 28.2 Å². The second-order valence-corrected chi connectivity index (χ2v) is 8.97. The maximum absolute atomic E-state index is 13.3. The molecule has 0 radical (unpaired) electrons. The van der Waals surface area contributed by atoms with E-state index in [2.05, 4.69) is 15.3 Å². The van der Waals surface area contributed by atoms with E-state index in [9.17, 15) is 4.79 Å². The minimum Gasteiger partial charge on any atom is -0.332 e. The van der Waals surface area contributed by atoms with E-state index in [-0.39, 0.29) is 5.56 Å². The fourth-order valence-electron chi connectivity index (χ4n) is 3.22. The number of hydrogen-bond acceptors (Lipinski definition) is 7. The molecule has 2 aromatic carbocycles. The van der Waals surface area contributed by atoms with E-state index in [1.807, 2.05) is 73.0 Å². The van der Waals surface area contributed by atoms with E-state index < -0.39 is 0 Å². The van der Waals surface area contributed by atoms with Gasteiger partial charge >= 0.3 is 0 Å². The number of anilines is 2. The molecule has 1 N–H and O–H groups in total. The minimum absolute atomic E-state index is 0.126. The van der Waals surface area contributed by atoms with Crippen LogP contribution in [0.2, 0.25) is 0 Å². The number of aromatic nitrogens is 4. The highest BCUT2D eigenvalue weighted by Gasteiger charge is 2.15. The van der Waals surface area contributed by atoms with Gasteiger partial charge in [0, 0.05) is 23.0 Å². The van der Waals surface area contributed by atoms with E-state index in [1.165, 1.54) is 11.8 Å². The van der Waals surface area contributed by atoms with Gasteiger partial charge in [-0.3, -0.25) is 4.79 Å². The van der Waals surface area contributed by atoms with Crippen LogP contribution in [0, 0.1) is 6.92 Å². The Morgan fingerprint density at radius 1 is 1.00 bits per heavy atom. The summed E-state index contributed by atoms with van der Waals surface area (Å²) in [6.45, 7) is 1.97. The molecule has 0 aliphatic heterocycles. The lowest BCUT2D eigenvalue weighted by Crippen LogP contribution is -2.22. The molecule has 8 heteroatoms. The van der Waals surface area contributed by atoms with Crippen molar-refractivity contribution in [3.05, 3.63) is 99.9 Å². The van der Waals surface area contributed by atoms with Crippen LogP contribution in [-0.2, 0) is 5.75 Å². The molecule has 0 fully saturated rings. The van der Waals surface area contributed by atoms with Crippen LogP contribution < -0.4 is 10.9 Å². The predicted octanol–water partition coefficient (Wildman–Crippen LogP) is 5.58. The molecule has 0 spiro atoms. The Balaban J connectivity index is 1.45. The molecule has 5 rings (SSSR count). The van der Waals surface area contributed by atoms with Crippen molar-refractivity contribution in [3.63, 3.8) is 0 Å². The summed E-state index contributed by atoms with van der Waals surface area (Å²) < 4.78 is 1.59. The molecular weight excluding hydrogens is 438 g/mol. The first-order valence-corrected chi connectivity index (χ1v) is 11.9. The van der Waals surface area contributed by atoms with Crippen LogP contribution in [0.15, 0.2) is 88.3 Å². The Labute approximate surface area is 193 Å². The van der Waals surface area contributed by atoms with Crippen molar-refractivity contribution in [1.82, 2.24) is 19.5 Å². The number of thioether (sulfide) groups is 1. The van der Waals surface area contributed by atoms with Gasteiger partial charge in [0.25, 0.3) is 5.56 Å². The van der Waals surface area contributed by atoms with Gasteiger partial charge in [-0.1, -0.05) is 48.2 Å². The number of aryl methyl sites for hydroxylation is 1. The van der Waals surface area contributed by atoms with Crippen LogP contribution >= 0.6 is 23.1 Å². The first kappa shape index (κ1) is 20.4. The van der Waals surface area contributed by atoms with Gasteiger partial charge in [-0.05, 0) is 42.8 Å².